The highest BCUT2D eigenvalue weighted by atomic mass is 31.2. The Bertz CT molecular complexity index is 1910. The van der Waals surface area contributed by atoms with E-state index in [1.165, 1.54) is 135 Å². The third-order valence-corrected chi connectivity index (χ3v) is 15.7. The first-order valence-corrected chi connectivity index (χ1v) is 36.4. The summed E-state index contributed by atoms with van der Waals surface area (Å²) in [7, 11) is 1.46. The zero-order chi connectivity index (χ0) is 62.6. The van der Waals surface area contributed by atoms with Crippen molar-refractivity contribution in [3.05, 3.63) is 134 Å². The Hall–Kier alpha value is -3.85. The standard InChI is InChI=1S/C76H130NO8P/c1-6-8-10-12-14-16-18-20-22-24-26-28-29-30-31-32-33-34-35-36-37-38-39-40-41-42-43-44-45-46-47-49-51-53-55-57-59-61-63-65-67-69-76(79)85-74(73-84-86(80,81)83-71-70-77(3,4)5)72-82-75(78)68-66-64-62-60-58-56-54-52-50-48-27-25-23-21-19-17-15-13-11-9-7-2/h8,10,14,16,20,22,26,28,30-31,33-34,36-37,39-40,42-43,45-46,49,51,74H,6-7,9,11-13,15,17-19,21,23-25,27,29,32,35,38,41,44,47-48,50,52-73H2,1-5H3/p+1/b10-8-,16-14-,22-20-,28-26-,31-30-,34-33-,37-36-,40-39-,43-42-,46-45-,51-49-. The van der Waals surface area contributed by atoms with E-state index in [1.807, 2.05) is 21.1 Å². The Morgan fingerprint density at radius 3 is 0.988 bits per heavy atom. The summed E-state index contributed by atoms with van der Waals surface area (Å²) >= 11 is 0. The van der Waals surface area contributed by atoms with Gasteiger partial charge in [-0.15, -0.1) is 0 Å². The second kappa shape index (κ2) is 65.6. The number of likely N-dealkylation sites (N-methyl/N-ethyl adjacent to an activating group) is 1. The van der Waals surface area contributed by atoms with Gasteiger partial charge in [0.2, 0.25) is 0 Å². The van der Waals surface area contributed by atoms with Crippen LogP contribution in [-0.4, -0.2) is 74.9 Å². The Morgan fingerprint density at radius 1 is 0.372 bits per heavy atom. The molecule has 0 saturated carbocycles. The number of rotatable bonds is 63. The number of phosphoric ester groups is 1. The predicted octanol–water partition coefficient (Wildman–Crippen LogP) is 22.8. The zero-order valence-electron chi connectivity index (χ0n) is 56.0. The molecule has 2 unspecified atom stereocenters. The first kappa shape index (κ1) is 82.1. The van der Waals surface area contributed by atoms with E-state index in [1.54, 1.807) is 0 Å². The number of allylic oxidation sites excluding steroid dienone is 22. The number of nitrogens with zero attached hydrogens (tertiary/aromatic N) is 1. The molecule has 0 aliphatic carbocycles. The van der Waals surface area contributed by atoms with Gasteiger partial charge in [0.15, 0.2) is 6.10 Å². The average Bonchev–Trinajstić information content (AvgIpc) is 3.70. The van der Waals surface area contributed by atoms with Gasteiger partial charge in [0.05, 0.1) is 27.7 Å². The quantitative estimate of drug-likeness (QED) is 0.0211. The molecular weight excluding hydrogens is 1090 g/mol. The van der Waals surface area contributed by atoms with Gasteiger partial charge in [0, 0.05) is 12.8 Å². The molecule has 0 aromatic heterocycles. The van der Waals surface area contributed by atoms with Crippen LogP contribution in [0.4, 0.5) is 0 Å². The highest BCUT2D eigenvalue weighted by Crippen LogP contribution is 2.43. The molecule has 86 heavy (non-hydrogen) atoms. The van der Waals surface area contributed by atoms with Crippen molar-refractivity contribution >= 4 is 19.8 Å². The summed E-state index contributed by atoms with van der Waals surface area (Å²) in [6.07, 6.45) is 95.5. The lowest BCUT2D eigenvalue weighted by Gasteiger charge is -2.24. The molecule has 9 nitrogen and oxygen atoms in total. The van der Waals surface area contributed by atoms with Crippen LogP contribution in [0.2, 0.25) is 0 Å². The topological polar surface area (TPSA) is 108 Å². The zero-order valence-corrected chi connectivity index (χ0v) is 56.9. The second-order valence-electron chi connectivity index (χ2n) is 24.2. The van der Waals surface area contributed by atoms with Gasteiger partial charge < -0.3 is 18.9 Å². The Balaban J connectivity index is 4.12. The normalized spacial score (nSPS) is 14.0. The van der Waals surface area contributed by atoms with Crippen molar-refractivity contribution in [2.45, 2.75) is 290 Å². The molecule has 0 heterocycles. The molecule has 0 aromatic carbocycles. The van der Waals surface area contributed by atoms with E-state index in [9.17, 15) is 19.0 Å². The largest absolute Gasteiger partial charge is 0.472 e. The molecule has 0 aliphatic heterocycles. The first-order valence-electron chi connectivity index (χ1n) is 34.9. The maximum absolute atomic E-state index is 12.9. The van der Waals surface area contributed by atoms with Crippen LogP contribution in [0.15, 0.2) is 134 Å². The van der Waals surface area contributed by atoms with Crippen LogP contribution in [-0.2, 0) is 32.7 Å². The molecular formula is C76H131NO8P+. The van der Waals surface area contributed by atoms with Crippen LogP contribution < -0.4 is 0 Å². The summed E-state index contributed by atoms with van der Waals surface area (Å²) in [6.45, 7) is 4.33. The summed E-state index contributed by atoms with van der Waals surface area (Å²) < 4.78 is 34.7. The predicted molar refractivity (Wildman–Crippen MR) is 371 cm³/mol. The minimum Gasteiger partial charge on any atom is -0.462 e. The molecule has 10 heteroatoms. The molecule has 0 radical (unpaired) electrons. The molecule has 492 valence electrons. The summed E-state index contributed by atoms with van der Waals surface area (Å²) in [4.78, 5) is 35.8. The average molecular weight is 1220 g/mol. The van der Waals surface area contributed by atoms with E-state index in [4.69, 9.17) is 18.5 Å². The molecule has 0 rings (SSSR count). The van der Waals surface area contributed by atoms with Gasteiger partial charge in [0.25, 0.3) is 0 Å². The second-order valence-corrected chi connectivity index (χ2v) is 25.6. The summed E-state index contributed by atoms with van der Waals surface area (Å²) in [5.74, 6) is -0.807. The van der Waals surface area contributed by atoms with Crippen molar-refractivity contribution in [1.29, 1.82) is 0 Å². The number of esters is 2. The van der Waals surface area contributed by atoms with Gasteiger partial charge in [-0.2, -0.15) is 0 Å². The smallest absolute Gasteiger partial charge is 0.462 e. The number of phosphoric acid groups is 1. The number of ether oxygens (including phenoxy) is 2. The molecule has 0 saturated heterocycles. The lowest BCUT2D eigenvalue weighted by molar-refractivity contribution is -0.870. The molecule has 2 atom stereocenters. The van der Waals surface area contributed by atoms with Crippen LogP contribution in [0.5, 0.6) is 0 Å². The Kier molecular flexibility index (Phi) is 62.7. The monoisotopic (exact) mass is 1220 g/mol. The third kappa shape index (κ3) is 69.3. The van der Waals surface area contributed by atoms with E-state index in [0.717, 1.165) is 116 Å². The molecule has 0 bridgehead atoms. The summed E-state index contributed by atoms with van der Waals surface area (Å²) in [5.41, 5.74) is 0. The number of carbonyl (C=O) groups excluding carboxylic acids is 2. The van der Waals surface area contributed by atoms with Crippen molar-refractivity contribution in [1.82, 2.24) is 0 Å². The van der Waals surface area contributed by atoms with Crippen molar-refractivity contribution in [3.63, 3.8) is 0 Å². The van der Waals surface area contributed by atoms with E-state index >= 15 is 0 Å². The third-order valence-electron chi connectivity index (χ3n) is 14.7. The van der Waals surface area contributed by atoms with Crippen molar-refractivity contribution in [2.75, 3.05) is 47.5 Å². The maximum atomic E-state index is 12.9. The fourth-order valence-corrected chi connectivity index (χ4v) is 10.1. The molecule has 0 fully saturated rings. The number of quaternary nitrogens is 1. The van der Waals surface area contributed by atoms with E-state index < -0.39 is 26.5 Å². The fourth-order valence-electron chi connectivity index (χ4n) is 9.38. The Morgan fingerprint density at radius 2 is 0.663 bits per heavy atom. The van der Waals surface area contributed by atoms with E-state index in [2.05, 4.69) is 148 Å². The summed E-state index contributed by atoms with van der Waals surface area (Å²) in [5, 5.41) is 0. The molecule has 0 amide bonds. The lowest BCUT2D eigenvalue weighted by atomic mass is 10.0. The molecule has 0 spiro atoms. The highest BCUT2D eigenvalue weighted by Gasteiger charge is 2.27. The van der Waals surface area contributed by atoms with Gasteiger partial charge in [-0.25, -0.2) is 4.57 Å². The number of hydrogen-bond donors (Lipinski definition) is 1. The van der Waals surface area contributed by atoms with Gasteiger partial charge in [-0.05, 0) is 96.3 Å². The summed E-state index contributed by atoms with van der Waals surface area (Å²) in [6, 6.07) is 0. The number of unbranched alkanes of at least 4 members (excludes halogenated alkanes) is 27. The van der Waals surface area contributed by atoms with Crippen molar-refractivity contribution in [2.24, 2.45) is 0 Å². The Labute approximate surface area is 530 Å². The van der Waals surface area contributed by atoms with Gasteiger partial charge >= 0.3 is 19.8 Å². The fraction of sp³-hybridized carbons (Fsp3) is 0.684. The van der Waals surface area contributed by atoms with Crippen LogP contribution in [0.25, 0.3) is 0 Å². The van der Waals surface area contributed by atoms with Crippen LogP contribution in [0, 0.1) is 0 Å². The van der Waals surface area contributed by atoms with Crippen LogP contribution in [0.3, 0.4) is 0 Å². The minimum atomic E-state index is -4.40. The highest BCUT2D eigenvalue weighted by molar-refractivity contribution is 7.47. The van der Waals surface area contributed by atoms with Crippen molar-refractivity contribution in [3.8, 4) is 0 Å². The lowest BCUT2D eigenvalue weighted by Crippen LogP contribution is -2.37. The van der Waals surface area contributed by atoms with E-state index in [0.29, 0.717) is 17.4 Å². The number of hydrogen-bond acceptors (Lipinski definition) is 7. The minimum absolute atomic E-state index is 0.0248. The molecule has 1 N–H and O–H groups in total. The van der Waals surface area contributed by atoms with Gasteiger partial charge in [-0.3, -0.25) is 18.6 Å². The van der Waals surface area contributed by atoms with Crippen LogP contribution >= 0.6 is 7.82 Å². The molecule has 0 aliphatic rings. The van der Waals surface area contributed by atoms with Crippen molar-refractivity contribution < 1.29 is 42.1 Å². The first-order chi connectivity index (χ1) is 42.0. The number of carbonyl (C=O) groups is 2. The van der Waals surface area contributed by atoms with Gasteiger partial charge in [-0.1, -0.05) is 308 Å². The molecule has 0 aromatic rings. The van der Waals surface area contributed by atoms with E-state index in [-0.39, 0.29) is 32.0 Å². The maximum Gasteiger partial charge on any atom is 0.472 e. The SMILES string of the molecule is CC/C=C\C/C=C\C/C=C\C/C=C\C/C=C\C/C=C\C/C=C\C/C=C\C/C=C\C/C=C\C/C=C\CCCCCCCCCC(=O)OC(COC(=O)CCCCCCCCCCCCCCCCCCCCCCC)COP(=O)(O)OCC[N+](C)(C)C. The van der Waals surface area contributed by atoms with Gasteiger partial charge in [0.1, 0.15) is 19.8 Å². The van der Waals surface area contributed by atoms with Crippen LogP contribution in [0.1, 0.15) is 284 Å².